The van der Waals surface area contributed by atoms with E-state index < -0.39 is 12.9 Å². The van der Waals surface area contributed by atoms with Gasteiger partial charge < -0.3 is 9.84 Å². The molecule has 118 valence electrons. The van der Waals surface area contributed by atoms with Gasteiger partial charge in [0.15, 0.2) is 6.79 Å². The van der Waals surface area contributed by atoms with Crippen molar-refractivity contribution in [2.45, 2.75) is 33.1 Å². The highest BCUT2D eigenvalue weighted by Crippen LogP contribution is 2.26. The van der Waals surface area contributed by atoms with Crippen molar-refractivity contribution in [3.05, 3.63) is 41.6 Å². The number of aliphatic hydroxyl groups is 1. The highest BCUT2D eigenvalue weighted by Gasteiger charge is 2.21. The van der Waals surface area contributed by atoms with Crippen LogP contribution < -0.4 is 5.32 Å². The number of aliphatic hydroxyl groups excluding tert-OH is 1. The van der Waals surface area contributed by atoms with Crippen LogP contribution in [0, 0.1) is 6.92 Å². The lowest BCUT2D eigenvalue weighted by molar-refractivity contribution is 0.0527. The van der Waals surface area contributed by atoms with Crippen molar-refractivity contribution in [2.24, 2.45) is 0 Å². The third-order valence-corrected chi connectivity index (χ3v) is 3.18. The van der Waals surface area contributed by atoms with Gasteiger partial charge in [-0.1, -0.05) is 38.5 Å². The summed E-state index contributed by atoms with van der Waals surface area (Å²) >= 11 is 0. The molecule has 0 bridgehead atoms. The average Bonchev–Trinajstić information content (AvgIpc) is 2.83. The maximum absolute atomic E-state index is 11.6. The molecule has 2 rings (SSSR count). The monoisotopic (exact) mass is 303 g/mol. The zero-order chi connectivity index (χ0) is 16.3. The second kappa shape index (κ2) is 6.19. The molecule has 0 unspecified atom stereocenters. The van der Waals surface area contributed by atoms with E-state index in [4.69, 9.17) is 5.11 Å². The summed E-state index contributed by atoms with van der Waals surface area (Å²) in [5, 5.41) is 15.8. The lowest BCUT2D eigenvalue weighted by Gasteiger charge is -2.14. The van der Waals surface area contributed by atoms with Gasteiger partial charge in [-0.3, -0.25) is 5.32 Å². The minimum atomic E-state index is -0.726. The molecule has 0 spiro atoms. The zero-order valence-electron chi connectivity index (χ0n) is 13.3. The molecule has 22 heavy (non-hydrogen) atoms. The van der Waals surface area contributed by atoms with Gasteiger partial charge in [0.05, 0.1) is 11.4 Å². The number of carbonyl (C=O) groups is 1. The fraction of sp³-hybridized carbons (Fsp3) is 0.375. The van der Waals surface area contributed by atoms with Crippen LogP contribution in [0.15, 0.2) is 30.3 Å². The Morgan fingerprint density at radius 2 is 1.95 bits per heavy atom. The van der Waals surface area contributed by atoms with E-state index in [2.05, 4.69) is 15.2 Å². The van der Waals surface area contributed by atoms with E-state index in [-0.39, 0.29) is 5.41 Å². The highest BCUT2D eigenvalue weighted by molar-refractivity contribution is 5.84. The van der Waals surface area contributed by atoms with Crippen LogP contribution in [0.4, 0.5) is 10.6 Å². The van der Waals surface area contributed by atoms with Gasteiger partial charge in [0.25, 0.3) is 0 Å². The number of aryl methyl sites for hydroxylation is 1. The minimum Gasteiger partial charge on any atom is -0.422 e. The molecule has 0 atom stereocenters. The van der Waals surface area contributed by atoms with Gasteiger partial charge >= 0.3 is 6.09 Å². The Balaban J connectivity index is 2.43. The summed E-state index contributed by atoms with van der Waals surface area (Å²) in [6.07, 6.45) is -0.726. The van der Waals surface area contributed by atoms with Crippen molar-refractivity contribution in [1.29, 1.82) is 0 Å². The predicted molar refractivity (Wildman–Crippen MR) is 84.2 cm³/mol. The smallest absolute Gasteiger partial charge is 0.414 e. The number of anilines is 1. The molecule has 6 nitrogen and oxygen atoms in total. The first-order chi connectivity index (χ1) is 10.3. The summed E-state index contributed by atoms with van der Waals surface area (Å²) in [4.78, 5) is 11.6. The van der Waals surface area contributed by atoms with Crippen molar-refractivity contribution >= 4 is 11.9 Å². The van der Waals surface area contributed by atoms with Gasteiger partial charge in [0.1, 0.15) is 5.82 Å². The first kappa shape index (κ1) is 16.0. The first-order valence-electron chi connectivity index (χ1n) is 7.03. The molecule has 1 aromatic carbocycles. The Morgan fingerprint density at radius 1 is 1.32 bits per heavy atom. The summed E-state index contributed by atoms with van der Waals surface area (Å²) in [6, 6.07) is 9.61. The molecule has 2 N–H and O–H groups in total. The van der Waals surface area contributed by atoms with E-state index >= 15 is 0 Å². The van der Waals surface area contributed by atoms with Gasteiger partial charge in [0, 0.05) is 11.5 Å². The van der Waals surface area contributed by atoms with E-state index in [0.29, 0.717) is 5.82 Å². The molecular formula is C16H21N3O3. The van der Waals surface area contributed by atoms with Crippen molar-refractivity contribution in [2.75, 3.05) is 12.1 Å². The van der Waals surface area contributed by atoms with Gasteiger partial charge in [0.2, 0.25) is 0 Å². The number of nitrogens with zero attached hydrogens (tertiary/aromatic N) is 2. The Bertz CT molecular complexity index is 654. The fourth-order valence-corrected chi connectivity index (χ4v) is 1.92. The number of hydrogen-bond donors (Lipinski definition) is 2. The molecule has 1 amide bonds. The van der Waals surface area contributed by atoms with E-state index in [1.165, 1.54) is 0 Å². The quantitative estimate of drug-likeness (QED) is 0.855. The molecule has 1 aromatic heterocycles. The molecular weight excluding hydrogens is 282 g/mol. The predicted octanol–water partition coefficient (Wildman–Crippen LogP) is 2.98. The molecule has 0 aliphatic heterocycles. The molecule has 6 heteroatoms. The lowest BCUT2D eigenvalue weighted by atomic mass is 9.92. The number of ether oxygens (including phenoxy) is 1. The second-order valence-corrected chi connectivity index (χ2v) is 6.10. The van der Waals surface area contributed by atoms with Crippen molar-refractivity contribution in [3.63, 3.8) is 0 Å². The summed E-state index contributed by atoms with van der Waals surface area (Å²) in [6.45, 7) is 7.47. The number of aromatic nitrogens is 2. The molecule has 0 fully saturated rings. The van der Waals surface area contributed by atoms with Crippen LogP contribution in [-0.2, 0) is 10.2 Å². The minimum absolute atomic E-state index is 0.159. The number of amides is 1. The largest absolute Gasteiger partial charge is 0.422 e. The normalized spacial score (nSPS) is 11.3. The number of carbonyl (C=O) groups excluding carboxylic acids is 1. The molecule has 0 saturated carbocycles. The van der Waals surface area contributed by atoms with Crippen LogP contribution in [0.3, 0.4) is 0 Å². The maximum atomic E-state index is 11.6. The third kappa shape index (κ3) is 3.65. The molecule has 2 aromatic rings. The molecule has 0 aliphatic rings. The third-order valence-electron chi connectivity index (χ3n) is 3.18. The van der Waals surface area contributed by atoms with Crippen LogP contribution in [0.5, 0.6) is 0 Å². The van der Waals surface area contributed by atoms with Crippen LogP contribution in [-0.4, -0.2) is 27.8 Å². The topological polar surface area (TPSA) is 76.4 Å². The summed E-state index contributed by atoms with van der Waals surface area (Å²) in [7, 11) is 0. The highest BCUT2D eigenvalue weighted by atomic mass is 16.6. The summed E-state index contributed by atoms with van der Waals surface area (Å²) in [5.41, 5.74) is 2.65. The van der Waals surface area contributed by atoms with Crippen molar-refractivity contribution in [3.8, 4) is 5.69 Å². The first-order valence-corrected chi connectivity index (χ1v) is 7.03. The number of rotatable bonds is 3. The number of nitrogens with one attached hydrogen (secondary N) is 1. The fourth-order valence-electron chi connectivity index (χ4n) is 1.92. The van der Waals surface area contributed by atoms with E-state index in [9.17, 15) is 4.79 Å². The van der Waals surface area contributed by atoms with Gasteiger partial charge in [-0.05, 0) is 19.1 Å². The van der Waals surface area contributed by atoms with Gasteiger partial charge in [-0.2, -0.15) is 5.10 Å². The molecule has 0 radical (unpaired) electrons. The van der Waals surface area contributed by atoms with Crippen LogP contribution in [0.25, 0.3) is 5.69 Å². The van der Waals surface area contributed by atoms with E-state index in [0.717, 1.165) is 16.9 Å². The van der Waals surface area contributed by atoms with Crippen molar-refractivity contribution < 1.29 is 14.6 Å². The Hall–Kier alpha value is -2.34. The van der Waals surface area contributed by atoms with Crippen LogP contribution >= 0.6 is 0 Å². The summed E-state index contributed by atoms with van der Waals surface area (Å²) in [5.74, 6) is 0.493. The molecule has 1 heterocycles. The second-order valence-electron chi connectivity index (χ2n) is 6.10. The Morgan fingerprint density at radius 3 is 2.50 bits per heavy atom. The summed E-state index contributed by atoms with van der Waals surface area (Å²) < 4.78 is 6.17. The van der Waals surface area contributed by atoms with Crippen molar-refractivity contribution in [1.82, 2.24) is 9.78 Å². The van der Waals surface area contributed by atoms with E-state index in [1.54, 1.807) is 10.7 Å². The Kier molecular flexibility index (Phi) is 4.51. The number of benzene rings is 1. The maximum Gasteiger partial charge on any atom is 0.414 e. The Labute approximate surface area is 129 Å². The zero-order valence-corrected chi connectivity index (χ0v) is 13.3. The van der Waals surface area contributed by atoms with Crippen LogP contribution in [0.2, 0.25) is 0 Å². The van der Waals surface area contributed by atoms with Gasteiger partial charge in [-0.25, -0.2) is 9.48 Å². The average molecular weight is 303 g/mol. The molecule has 0 aliphatic carbocycles. The van der Waals surface area contributed by atoms with Crippen LogP contribution in [0.1, 0.15) is 32.0 Å². The van der Waals surface area contributed by atoms with E-state index in [1.807, 2.05) is 52.0 Å². The lowest BCUT2D eigenvalue weighted by Crippen LogP contribution is -2.16. The number of hydrogen-bond acceptors (Lipinski definition) is 4. The molecule has 0 saturated heterocycles. The van der Waals surface area contributed by atoms with Gasteiger partial charge in [-0.15, -0.1) is 0 Å². The standard InChI is InChI=1S/C16H21N3O3/c1-11-5-7-12(8-6-11)19-14(17-15(21)22-10-20)9-13(18-19)16(2,3)4/h5-9,20H,10H2,1-4H3,(H,17,21). The SMILES string of the molecule is Cc1ccc(-n2nc(C(C)(C)C)cc2NC(=O)OCO)cc1.